The van der Waals surface area contributed by atoms with Crippen molar-refractivity contribution in [3.63, 3.8) is 0 Å². The molecule has 0 aliphatic carbocycles. The van der Waals surface area contributed by atoms with Crippen LogP contribution in [0.2, 0.25) is 0 Å². The number of rotatable bonds is 9. The van der Waals surface area contributed by atoms with Crippen molar-refractivity contribution in [3.8, 4) is 5.75 Å². The van der Waals surface area contributed by atoms with Gasteiger partial charge in [-0.2, -0.15) is 0 Å². The maximum Gasteiger partial charge on any atom is 0.414 e. The minimum atomic E-state index is -0.947. The van der Waals surface area contributed by atoms with Crippen LogP contribution in [-0.4, -0.2) is 41.9 Å². The molecule has 3 aromatic carbocycles. The summed E-state index contributed by atoms with van der Waals surface area (Å²) >= 11 is 0. The fourth-order valence-electron chi connectivity index (χ4n) is 3.40. The number of carbonyl (C=O) groups is 4. The first-order chi connectivity index (χ1) is 21.0. The van der Waals surface area contributed by atoms with E-state index in [1.165, 1.54) is 6.92 Å². The lowest BCUT2D eigenvalue weighted by Crippen LogP contribution is -2.44. The van der Waals surface area contributed by atoms with Crippen LogP contribution in [0.5, 0.6) is 5.75 Å². The highest BCUT2D eigenvalue weighted by Gasteiger charge is 2.22. The second kappa shape index (κ2) is 16.3. The third-order valence-corrected chi connectivity index (χ3v) is 5.51. The first kappa shape index (κ1) is 33.1. The second-order valence-corrected chi connectivity index (χ2v) is 10.5. The van der Waals surface area contributed by atoms with Crippen LogP contribution in [0.25, 0.3) is 0 Å². The molecule has 3 aromatic rings. The maximum atomic E-state index is 12.4. The van der Waals surface area contributed by atoms with Gasteiger partial charge in [0.25, 0.3) is 0 Å². The molecule has 3 rings (SSSR count). The van der Waals surface area contributed by atoms with E-state index in [0.717, 1.165) is 11.1 Å². The average Bonchev–Trinajstić information content (AvgIpc) is 2.98. The summed E-state index contributed by atoms with van der Waals surface area (Å²) in [6, 6.07) is 23.7. The second-order valence-electron chi connectivity index (χ2n) is 10.5. The molecule has 0 fully saturated rings. The van der Waals surface area contributed by atoms with Gasteiger partial charge in [0.05, 0.1) is 6.54 Å². The number of alkyl carbamates (subject to hydrolysis) is 3. The Kier molecular flexibility index (Phi) is 12.3. The van der Waals surface area contributed by atoms with Gasteiger partial charge in [0.15, 0.2) is 0 Å². The number of ether oxygens (including phenoxy) is 4. The van der Waals surface area contributed by atoms with Crippen LogP contribution in [0.3, 0.4) is 0 Å². The van der Waals surface area contributed by atoms with Crippen LogP contribution < -0.4 is 20.7 Å². The Morgan fingerprint density at radius 3 is 1.68 bits per heavy atom. The Morgan fingerprint density at radius 1 is 0.705 bits per heavy atom. The molecule has 12 nitrogen and oxygen atoms in total. The van der Waals surface area contributed by atoms with Crippen molar-refractivity contribution in [2.75, 3.05) is 0 Å². The number of aliphatic imine (C=N–C) groups is 1. The van der Waals surface area contributed by atoms with Crippen molar-refractivity contribution in [2.45, 2.75) is 59.1 Å². The number of benzene rings is 3. The number of esters is 1. The van der Waals surface area contributed by atoms with Gasteiger partial charge in [0, 0.05) is 0 Å². The predicted molar refractivity (Wildman–Crippen MR) is 162 cm³/mol. The third-order valence-electron chi connectivity index (χ3n) is 5.51. The zero-order valence-electron chi connectivity index (χ0n) is 25.0. The van der Waals surface area contributed by atoms with Gasteiger partial charge in [-0.15, -0.1) is 0 Å². The molecule has 0 bridgehead atoms. The Hall–Kier alpha value is -5.39. The summed E-state index contributed by atoms with van der Waals surface area (Å²) in [5, 5.41) is 7.28. The predicted octanol–water partition coefficient (Wildman–Crippen LogP) is 5.21. The van der Waals surface area contributed by atoms with Crippen molar-refractivity contribution in [2.24, 2.45) is 4.99 Å². The van der Waals surface area contributed by atoms with E-state index in [1.807, 2.05) is 36.4 Å². The van der Waals surface area contributed by atoms with Crippen LogP contribution in [0, 0.1) is 0 Å². The Morgan fingerprint density at radius 2 is 1.20 bits per heavy atom. The zero-order chi connectivity index (χ0) is 32.0. The Bertz CT molecular complexity index is 1360. The normalized spacial score (nSPS) is 11.3. The van der Waals surface area contributed by atoms with E-state index >= 15 is 0 Å². The maximum absolute atomic E-state index is 12.4. The first-order valence-corrected chi connectivity index (χ1v) is 13.8. The lowest BCUT2D eigenvalue weighted by Gasteiger charge is -2.21. The number of nitrogens with zero attached hydrogens (tertiary/aromatic N) is 1. The van der Waals surface area contributed by atoms with E-state index in [9.17, 15) is 19.2 Å². The largest absolute Gasteiger partial charge is 0.444 e. The van der Waals surface area contributed by atoms with E-state index in [1.54, 1.807) is 69.3 Å². The zero-order valence-corrected chi connectivity index (χ0v) is 25.0. The van der Waals surface area contributed by atoms with Crippen LogP contribution >= 0.6 is 0 Å². The quantitative estimate of drug-likeness (QED) is 0.0989. The third kappa shape index (κ3) is 12.6. The summed E-state index contributed by atoms with van der Waals surface area (Å²) in [6.07, 6.45) is -2.39. The summed E-state index contributed by atoms with van der Waals surface area (Å²) in [5.41, 5.74) is 1.53. The Balaban J connectivity index is 1.59. The van der Waals surface area contributed by atoms with Gasteiger partial charge < -0.3 is 24.3 Å². The summed E-state index contributed by atoms with van der Waals surface area (Å²) < 4.78 is 20.9. The minimum absolute atomic E-state index is 0.0184. The molecule has 0 spiro atoms. The van der Waals surface area contributed by atoms with Gasteiger partial charge in [-0.1, -0.05) is 72.8 Å². The van der Waals surface area contributed by atoms with Crippen molar-refractivity contribution in [3.05, 3.63) is 102 Å². The van der Waals surface area contributed by atoms with Crippen LogP contribution in [0.1, 0.15) is 44.4 Å². The molecular weight excluding hydrogens is 568 g/mol. The number of hydrogen-bond donors (Lipinski definition) is 3. The lowest BCUT2D eigenvalue weighted by molar-refractivity contribution is -0.136. The van der Waals surface area contributed by atoms with Gasteiger partial charge in [-0.05, 0) is 56.5 Å². The highest BCUT2D eigenvalue weighted by molar-refractivity contribution is 6.01. The molecule has 0 heterocycles. The molecule has 232 valence electrons. The average molecular weight is 605 g/mol. The van der Waals surface area contributed by atoms with Crippen LogP contribution in [0.15, 0.2) is 89.9 Å². The Labute approximate surface area is 255 Å². The van der Waals surface area contributed by atoms with Crippen molar-refractivity contribution < 1.29 is 38.1 Å². The molecule has 44 heavy (non-hydrogen) atoms. The topological polar surface area (TPSA) is 154 Å². The van der Waals surface area contributed by atoms with E-state index < -0.39 is 35.9 Å². The van der Waals surface area contributed by atoms with Crippen molar-refractivity contribution in [1.82, 2.24) is 16.0 Å². The number of hydrogen-bond acceptors (Lipinski definition) is 9. The summed E-state index contributed by atoms with van der Waals surface area (Å²) in [6.45, 7) is 6.70. The SMILES string of the molecule is C[C@H](NC(=O)OC(C)(C)C)C(=O)Oc1ccc(CN=C(NC(=O)OCc2ccccc2)NC(=O)OCc2ccccc2)cc1. The van der Waals surface area contributed by atoms with Crippen LogP contribution in [-0.2, 0) is 38.8 Å². The lowest BCUT2D eigenvalue weighted by atomic mass is 10.2. The van der Waals surface area contributed by atoms with E-state index in [4.69, 9.17) is 18.9 Å². The fraction of sp³-hybridized carbons (Fsp3) is 0.281. The van der Waals surface area contributed by atoms with E-state index in [-0.39, 0.29) is 31.5 Å². The fourth-order valence-corrected chi connectivity index (χ4v) is 3.40. The van der Waals surface area contributed by atoms with Gasteiger partial charge in [-0.25, -0.2) is 24.2 Å². The molecule has 0 unspecified atom stereocenters. The summed E-state index contributed by atoms with van der Waals surface area (Å²) in [4.78, 5) is 53.5. The molecule has 0 aliphatic heterocycles. The molecule has 0 aliphatic rings. The van der Waals surface area contributed by atoms with E-state index in [0.29, 0.717) is 5.56 Å². The molecule has 3 N–H and O–H groups in total. The minimum Gasteiger partial charge on any atom is -0.444 e. The highest BCUT2D eigenvalue weighted by atomic mass is 16.6. The number of carbonyl (C=O) groups excluding carboxylic acids is 4. The van der Waals surface area contributed by atoms with Crippen molar-refractivity contribution >= 4 is 30.2 Å². The summed E-state index contributed by atoms with van der Waals surface area (Å²) in [5.74, 6) is -0.620. The number of nitrogens with one attached hydrogen (secondary N) is 3. The molecular formula is C32H36N4O8. The number of guanidine groups is 1. The molecule has 1 atom stereocenters. The standard InChI is InChI=1S/C32H36N4O8/c1-22(34-31(40)44-32(2,3)4)27(37)43-26-17-15-23(16-18-26)19-33-28(35-29(38)41-20-24-11-7-5-8-12-24)36-30(39)42-21-25-13-9-6-10-14-25/h5-18,22H,19-21H2,1-4H3,(H,34,40)(H2,33,35,36,38,39)/t22-/m0/s1. The van der Waals surface area contributed by atoms with E-state index in [2.05, 4.69) is 20.9 Å². The molecule has 0 radical (unpaired) electrons. The molecule has 3 amide bonds. The van der Waals surface area contributed by atoms with Crippen molar-refractivity contribution in [1.29, 1.82) is 0 Å². The van der Waals surface area contributed by atoms with Crippen LogP contribution in [0.4, 0.5) is 14.4 Å². The molecule has 0 aromatic heterocycles. The van der Waals surface area contributed by atoms with Gasteiger partial charge in [-0.3, -0.25) is 10.6 Å². The van der Waals surface area contributed by atoms with Gasteiger partial charge in [0.1, 0.15) is 30.6 Å². The molecule has 0 saturated heterocycles. The summed E-state index contributed by atoms with van der Waals surface area (Å²) in [7, 11) is 0. The smallest absolute Gasteiger partial charge is 0.414 e. The highest BCUT2D eigenvalue weighted by Crippen LogP contribution is 2.14. The first-order valence-electron chi connectivity index (χ1n) is 13.8. The monoisotopic (exact) mass is 604 g/mol. The molecule has 12 heteroatoms. The van der Waals surface area contributed by atoms with Gasteiger partial charge in [0.2, 0.25) is 5.96 Å². The van der Waals surface area contributed by atoms with Gasteiger partial charge >= 0.3 is 24.2 Å². The number of amides is 3. The molecule has 0 saturated carbocycles.